The standard InChI is InChI=1S/C22H18Cl2O4/c1-13(22(26)27)28-16-11-19(23)18(20(24)12-16)10-14-7-8-21(25)17(9-14)15-5-3-2-4-6-15/h2-9,11-13,25H,10H2,1H3,(H,26,27)/t13-/m0/s1. The minimum atomic E-state index is -1.08. The number of carboxylic acid groups (broad SMARTS) is 1. The molecule has 0 fully saturated rings. The van der Waals surface area contributed by atoms with E-state index in [-0.39, 0.29) is 5.75 Å². The molecule has 3 aromatic carbocycles. The van der Waals surface area contributed by atoms with E-state index in [0.29, 0.717) is 27.8 Å². The van der Waals surface area contributed by atoms with Gasteiger partial charge in [-0.15, -0.1) is 0 Å². The van der Waals surface area contributed by atoms with Crippen molar-refractivity contribution in [1.29, 1.82) is 0 Å². The topological polar surface area (TPSA) is 66.8 Å². The van der Waals surface area contributed by atoms with Crippen LogP contribution in [0.15, 0.2) is 60.7 Å². The molecule has 0 aliphatic heterocycles. The van der Waals surface area contributed by atoms with Gasteiger partial charge in [0.15, 0.2) is 6.10 Å². The Hall–Kier alpha value is -2.69. The summed E-state index contributed by atoms with van der Waals surface area (Å²) in [4.78, 5) is 10.9. The second kappa shape index (κ2) is 8.55. The van der Waals surface area contributed by atoms with Crippen molar-refractivity contribution < 1.29 is 19.7 Å². The van der Waals surface area contributed by atoms with Crippen LogP contribution in [0.1, 0.15) is 18.1 Å². The summed E-state index contributed by atoms with van der Waals surface area (Å²) in [5, 5.41) is 19.9. The highest BCUT2D eigenvalue weighted by atomic mass is 35.5. The lowest BCUT2D eigenvalue weighted by Crippen LogP contribution is -2.22. The third kappa shape index (κ3) is 4.58. The fourth-order valence-electron chi connectivity index (χ4n) is 2.82. The number of ether oxygens (including phenoxy) is 1. The summed E-state index contributed by atoms with van der Waals surface area (Å²) in [6.45, 7) is 1.43. The minimum Gasteiger partial charge on any atom is -0.507 e. The first kappa shape index (κ1) is 20.1. The minimum absolute atomic E-state index is 0.193. The Morgan fingerprint density at radius 3 is 2.29 bits per heavy atom. The number of phenols is 1. The second-order valence-corrected chi connectivity index (χ2v) is 7.17. The Morgan fingerprint density at radius 2 is 1.68 bits per heavy atom. The van der Waals surface area contributed by atoms with Crippen molar-refractivity contribution in [3.05, 3.63) is 81.8 Å². The van der Waals surface area contributed by atoms with Crippen LogP contribution in [-0.4, -0.2) is 22.3 Å². The van der Waals surface area contributed by atoms with E-state index in [0.717, 1.165) is 16.7 Å². The predicted octanol–water partition coefficient (Wildman–Crippen LogP) is 5.81. The van der Waals surface area contributed by atoms with E-state index in [1.165, 1.54) is 6.92 Å². The molecule has 0 amide bonds. The molecule has 0 unspecified atom stereocenters. The first-order valence-corrected chi connectivity index (χ1v) is 9.35. The Bertz CT molecular complexity index is 980. The summed E-state index contributed by atoms with van der Waals surface area (Å²) < 4.78 is 5.33. The van der Waals surface area contributed by atoms with E-state index >= 15 is 0 Å². The number of hydrogen-bond donors (Lipinski definition) is 2. The third-order valence-electron chi connectivity index (χ3n) is 4.30. The van der Waals surface area contributed by atoms with Gasteiger partial charge in [-0.3, -0.25) is 0 Å². The van der Waals surface area contributed by atoms with E-state index in [4.69, 9.17) is 33.0 Å². The smallest absolute Gasteiger partial charge is 0.344 e. The molecule has 0 radical (unpaired) electrons. The highest BCUT2D eigenvalue weighted by Gasteiger charge is 2.16. The van der Waals surface area contributed by atoms with Crippen molar-refractivity contribution in [3.8, 4) is 22.6 Å². The van der Waals surface area contributed by atoms with Gasteiger partial charge in [0.1, 0.15) is 11.5 Å². The molecule has 0 aliphatic carbocycles. The summed E-state index contributed by atoms with van der Waals surface area (Å²) in [5.74, 6) is -0.586. The molecule has 144 valence electrons. The van der Waals surface area contributed by atoms with Crippen molar-refractivity contribution in [3.63, 3.8) is 0 Å². The number of aromatic hydroxyl groups is 1. The molecule has 0 spiro atoms. The maximum atomic E-state index is 10.9. The van der Waals surface area contributed by atoms with Crippen molar-refractivity contribution >= 4 is 29.2 Å². The SMILES string of the molecule is C[C@H](Oc1cc(Cl)c(Cc2ccc(O)c(-c3ccccc3)c2)c(Cl)c1)C(=O)O. The Labute approximate surface area is 172 Å². The lowest BCUT2D eigenvalue weighted by atomic mass is 9.98. The van der Waals surface area contributed by atoms with Crippen LogP contribution in [0.5, 0.6) is 11.5 Å². The fourth-order valence-corrected chi connectivity index (χ4v) is 3.42. The fraction of sp³-hybridized carbons (Fsp3) is 0.136. The van der Waals surface area contributed by atoms with Crippen LogP contribution in [0, 0.1) is 0 Å². The normalized spacial score (nSPS) is 11.8. The molecule has 2 N–H and O–H groups in total. The molecule has 3 aromatic rings. The van der Waals surface area contributed by atoms with Crippen LogP contribution in [-0.2, 0) is 11.2 Å². The molecule has 0 heterocycles. The number of aliphatic carboxylic acids is 1. The largest absolute Gasteiger partial charge is 0.507 e. The molecule has 4 nitrogen and oxygen atoms in total. The molecule has 0 saturated carbocycles. The first-order chi connectivity index (χ1) is 13.3. The van der Waals surface area contributed by atoms with Crippen molar-refractivity contribution in [2.45, 2.75) is 19.4 Å². The van der Waals surface area contributed by atoms with Crippen LogP contribution in [0.25, 0.3) is 11.1 Å². The van der Waals surface area contributed by atoms with Gasteiger partial charge in [-0.05, 0) is 47.9 Å². The molecule has 0 bridgehead atoms. The van der Waals surface area contributed by atoms with Crippen LogP contribution >= 0.6 is 23.2 Å². The van der Waals surface area contributed by atoms with Gasteiger partial charge >= 0.3 is 5.97 Å². The van der Waals surface area contributed by atoms with Crippen LogP contribution in [0.2, 0.25) is 10.0 Å². The zero-order valence-corrected chi connectivity index (χ0v) is 16.5. The molecule has 6 heteroatoms. The summed E-state index contributed by atoms with van der Waals surface area (Å²) in [7, 11) is 0. The number of carboxylic acids is 1. The van der Waals surface area contributed by atoms with Gasteiger partial charge in [-0.1, -0.05) is 59.6 Å². The van der Waals surface area contributed by atoms with Gasteiger partial charge in [-0.2, -0.15) is 0 Å². The quantitative estimate of drug-likeness (QED) is 0.531. The molecular formula is C22H18Cl2O4. The number of benzene rings is 3. The lowest BCUT2D eigenvalue weighted by Gasteiger charge is -2.14. The maximum Gasteiger partial charge on any atom is 0.344 e. The Morgan fingerprint density at radius 1 is 1.04 bits per heavy atom. The molecule has 0 aliphatic rings. The summed E-state index contributed by atoms with van der Waals surface area (Å²) in [5.41, 5.74) is 3.25. The highest BCUT2D eigenvalue weighted by Crippen LogP contribution is 2.35. The maximum absolute atomic E-state index is 10.9. The molecule has 3 rings (SSSR count). The lowest BCUT2D eigenvalue weighted by molar-refractivity contribution is -0.144. The van der Waals surface area contributed by atoms with E-state index in [1.807, 2.05) is 42.5 Å². The number of carbonyl (C=O) groups is 1. The van der Waals surface area contributed by atoms with Crippen molar-refractivity contribution in [2.75, 3.05) is 0 Å². The van der Waals surface area contributed by atoms with E-state index in [1.54, 1.807) is 18.2 Å². The summed E-state index contributed by atoms with van der Waals surface area (Å²) in [6, 6.07) is 18.0. The summed E-state index contributed by atoms with van der Waals surface area (Å²) >= 11 is 12.7. The van der Waals surface area contributed by atoms with Crippen LogP contribution in [0.3, 0.4) is 0 Å². The van der Waals surface area contributed by atoms with Gasteiger partial charge in [-0.25, -0.2) is 4.79 Å². The number of phenolic OH excluding ortho intramolecular Hbond substituents is 1. The number of halogens is 2. The van der Waals surface area contributed by atoms with Gasteiger partial charge in [0.2, 0.25) is 0 Å². The molecule has 1 atom stereocenters. The van der Waals surface area contributed by atoms with Crippen LogP contribution < -0.4 is 4.74 Å². The zero-order valence-electron chi connectivity index (χ0n) is 15.0. The first-order valence-electron chi connectivity index (χ1n) is 8.60. The molecular weight excluding hydrogens is 399 g/mol. The van der Waals surface area contributed by atoms with Gasteiger partial charge < -0.3 is 14.9 Å². The zero-order chi connectivity index (χ0) is 20.3. The van der Waals surface area contributed by atoms with E-state index in [2.05, 4.69) is 0 Å². The van der Waals surface area contributed by atoms with Crippen molar-refractivity contribution in [1.82, 2.24) is 0 Å². The van der Waals surface area contributed by atoms with Crippen LogP contribution in [0.4, 0.5) is 0 Å². The van der Waals surface area contributed by atoms with E-state index < -0.39 is 12.1 Å². The average molecular weight is 417 g/mol. The third-order valence-corrected chi connectivity index (χ3v) is 4.98. The van der Waals surface area contributed by atoms with Crippen molar-refractivity contribution in [2.24, 2.45) is 0 Å². The highest BCUT2D eigenvalue weighted by molar-refractivity contribution is 6.36. The van der Waals surface area contributed by atoms with E-state index in [9.17, 15) is 9.90 Å². The molecule has 28 heavy (non-hydrogen) atoms. The monoisotopic (exact) mass is 416 g/mol. The van der Waals surface area contributed by atoms with Gasteiger partial charge in [0, 0.05) is 22.0 Å². The molecule has 0 saturated heterocycles. The van der Waals surface area contributed by atoms with Gasteiger partial charge in [0.25, 0.3) is 0 Å². The molecule has 0 aromatic heterocycles. The summed E-state index contributed by atoms with van der Waals surface area (Å²) in [6.07, 6.45) is -0.560. The second-order valence-electron chi connectivity index (χ2n) is 6.36. The van der Waals surface area contributed by atoms with Gasteiger partial charge in [0.05, 0.1) is 0 Å². The Balaban J connectivity index is 1.89. The average Bonchev–Trinajstić information content (AvgIpc) is 2.66. The number of hydrogen-bond acceptors (Lipinski definition) is 3. The Kier molecular flexibility index (Phi) is 6.12. The number of rotatable bonds is 6. The predicted molar refractivity (Wildman–Crippen MR) is 111 cm³/mol.